The molecule has 0 bridgehead atoms. The van der Waals surface area contributed by atoms with Crippen LogP contribution in [0.1, 0.15) is 31.1 Å². The number of hydrogen-bond donors (Lipinski definition) is 1. The van der Waals surface area contributed by atoms with Crippen LogP contribution >= 0.6 is 0 Å². The van der Waals surface area contributed by atoms with Gasteiger partial charge in [-0.25, -0.2) is 4.79 Å². The van der Waals surface area contributed by atoms with Crippen molar-refractivity contribution in [2.24, 2.45) is 0 Å². The van der Waals surface area contributed by atoms with Gasteiger partial charge in [0.15, 0.2) is 5.82 Å². The van der Waals surface area contributed by atoms with Gasteiger partial charge in [-0.3, -0.25) is 14.3 Å². The number of rotatable bonds is 4. The van der Waals surface area contributed by atoms with E-state index in [1.165, 1.54) is 10.8 Å². The normalized spacial score (nSPS) is 10.8. The average molecular weight is 250 g/mol. The van der Waals surface area contributed by atoms with E-state index in [4.69, 9.17) is 4.52 Å². The molecule has 18 heavy (non-hydrogen) atoms. The lowest BCUT2D eigenvalue weighted by molar-refractivity contribution is 0.375. The molecule has 0 aliphatic heterocycles. The summed E-state index contributed by atoms with van der Waals surface area (Å²) in [5.74, 6) is 0.946. The lowest BCUT2D eigenvalue weighted by Crippen LogP contribution is -2.32. The van der Waals surface area contributed by atoms with Crippen molar-refractivity contribution in [3.05, 3.63) is 44.3 Å². The SMILES string of the molecule is CCc1nc(Cn2cc(CC)c(=O)[nH]c2=O)no1. The van der Waals surface area contributed by atoms with Crippen molar-refractivity contribution in [3.63, 3.8) is 0 Å². The van der Waals surface area contributed by atoms with Crippen LogP contribution in [0.3, 0.4) is 0 Å². The topological polar surface area (TPSA) is 93.8 Å². The summed E-state index contributed by atoms with van der Waals surface area (Å²) in [5, 5.41) is 3.76. The number of aryl methyl sites for hydroxylation is 2. The molecule has 96 valence electrons. The zero-order valence-corrected chi connectivity index (χ0v) is 10.3. The molecule has 0 saturated carbocycles. The highest BCUT2D eigenvalue weighted by Crippen LogP contribution is 1.99. The highest BCUT2D eigenvalue weighted by molar-refractivity contribution is 5.04. The second-order valence-corrected chi connectivity index (χ2v) is 3.85. The zero-order chi connectivity index (χ0) is 13.1. The van der Waals surface area contributed by atoms with Crippen molar-refractivity contribution >= 4 is 0 Å². The molecule has 0 aliphatic carbocycles. The Morgan fingerprint density at radius 2 is 2.11 bits per heavy atom. The van der Waals surface area contributed by atoms with Crippen molar-refractivity contribution in [1.29, 1.82) is 0 Å². The smallest absolute Gasteiger partial charge is 0.328 e. The Kier molecular flexibility index (Phi) is 3.40. The third-order valence-corrected chi connectivity index (χ3v) is 2.59. The van der Waals surface area contributed by atoms with Crippen molar-refractivity contribution in [3.8, 4) is 0 Å². The van der Waals surface area contributed by atoms with Gasteiger partial charge in [-0.15, -0.1) is 0 Å². The monoisotopic (exact) mass is 250 g/mol. The summed E-state index contributed by atoms with van der Waals surface area (Å²) in [6, 6.07) is 0. The lowest BCUT2D eigenvalue weighted by Gasteiger charge is -2.03. The second-order valence-electron chi connectivity index (χ2n) is 3.85. The third-order valence-electron chi connectivity index (χ3n) is 2.59. The van der Waals surface area contributed by atoms with Gasteiger partial charge in [-0.1, -0.05) is 19.0 Å². The molecule has 0 radical (unpaired) electrons. The Morgan fingerprint density at radius 1 is 1.33 bits per heavy atom. The number of hydrogen-bond acceptors (Lipinski definition) is 5. The first-order valence-corrected chi connectivity index (χ1v) is 5.78. The molecule has 0 aromatic carbocycles. The minimum Gasteiger partial charge on any atom is -0.339 e. The fraction of sp³-hybridized carbons (Fsp3) is 0.455. The molecule has 7 heteroatoms. The van der Waals surface area contributed by atoms with Crippen LogP contribution in [-0.2, 0) is 19.4 Å². The Hall–Kier alpha value is -2.18. The Morgan fingerprint density at radius 3 is 2.72 bits per heavy atom. The van der Waals surface area contributed by atoms with Gasteiger partial charge in [0.25, 0.3) is 5.56 Å². The Balaban J connectivity index is 2.34. The minimum absolute atomic E-state index is 0.187. The molecular weight excluding hydrogens is 236 g/mol. The predicted molar refractivity (Wildman–Crippen MR) is 63.5 cm³/mol. The van der Waals surface area contributed by atoms with E-state index in [2.05, 4.69) is 15.1 Å². The van der Waals surface area contributed by atoms with Gasteiger partial charge in [-0.05, 0) is 6.42 Å². The van der Waals surface area contributed by atoms with E-state index in [0.717, 1.165) is 0 Å². The fourth-order valence-corrected chi connectivity index (χ4v) is 1.57. The molecule has 0 fully saturated rings. The number of nitrogens with one attached hydrogen (secondary N) is 1. The summed E-state index contributed by atoms with van der Waals surface area (Å²) in [7, 11) is 0. The summed E-state index contributed by atoms with van der Waals surface area (Å²) in [6.45, 7) is 3.94. The standard InChI is InChI=1S/C11H14N4O3/c1-3-7-5-15(11(17)13-10(7)16)6-8-12-9(4-2)18-14-8/h5H,3-4,6H2,1-2H3,(H,13,16,17). The first kappa shape index (κ1) is 12.3. The van der Waals surface area contributed by atoms with Gasteiger partial charge < -0.3 is 4.52 Å². The van der Waals surface area contributed by atoms with E-state index in [1.54, 1.807) is 0 Å². The Bertz CT molecular complexity index is 653. The molecular formula is C11H14N4O3. The maximum atomic E-state index is 11.6. The van der Waals surface area contributed by atoms with E-state index in [-0.39, 0.29) is 12.1 Å². The number of H-pyrrole nitrogens is 1. The van der Waals surface area contributed by atoms with E-state index in [0.29, 0.717) is 30.1 Å². The average Bonchev–Trinajstić information content (AvgIpc) is 2.80. The first-order valence-electron chi connectivity index (χ1n) is 5.78. The molecule has 0 spiro atoms. The molecule has 0 atom stereocenters. The van der Waals surface area contributed by atoms with E-state index < -0.39 is 5.69 Å². The van der Waals surface area contributed by atoms with Crippen molar-refractivity contribution < 1.29 is 4.52 Å². The molecule has 2 heterocycles. The van der Waals surface area contributed by atoms with Crippen LogP contribution in [0.15, 0.2) is 20.3 Å². The zero-order valence-electron chi connectivity index (χ0n) is 10.3. The van der Waals surface area contributed by atoms with Crippen LogP contribution in [-0.4, -0.2) is 19.7 Å². The van der Waals surface area contributed by atoms with E-state index in [9.17, 15) is 9.59 Å². The maximum Gasteiger partial charge on any atom is 0.328 e. The number of aromatic nitrogens is 4. The number of nitrogens with zero attached hydrogens (tertiary/aromatic N) is 3. The molecule has 2 aromatic rings. The summed E-state index contributed by atoms with van der Waals surface area (Å²) in [4.78, 5) is 29.4. The van der Waals surface area contributed by atoms with Crippen LogP contribution < -0.4 is 11.2 Å². The van der Waals surface area contributed by atoms with Gasteiger partial charge >= 0.3 is 5.69 Å². The van der Waals surface area contributed by atoms with E-state index in [1.807, 2.05) is 13.8 Å². The highest BCUT2D eigenvalue weighted by atomic mass is 16.5. The molecule has 1 N–H and O–H groups in total. The minimum atomic E-state index is -0.472. The molecule has 2 rings (SSSR count). The largest absolute Gasteiger partial charge is 0.339 e. The first-order chi connectivity index (χ1) is 8.63. The van der Waals surface area contributed by atoms with Crippen LogP contribution in [0.2, 0.25) is 0 Å². The van der Waals surface area contributed by atoms with Crippen LogP contribution in [0.25, 0.3) is 0 Å². The van der Waals surface area contributed by atoms with Crippen LogP contribution in [0.5, 0.6) is 0 Å². The van der Waals surface area contributed by atoms with Gasteiger partial charge in [0.05, 0.1) is 6.54 Å². The van der Waals surface area contributed by atoms with Gasteiger partial charge in [0.1, 0.15) is 0 Å². The third kappa shape index (κ3) is 2.39. The summed E-state index contributed by atoms with van der Waals surface area (Å²) >= 11 is 0. The van der Waals surface area contributed by atoms with Gasteiger partial charge in [0, 0.05) is 18.2 Å². The van der Waals surface area contributed by atoms with Crippen molar-refractivity contribution in [1.82, 2.24) is 19.7 Å². The molecule has 7 nitrogen and oxygen atoms in total. The number of aromatic amines is 1. The predicted octanol–water partition coefficient (Wildman–Crippen LogP) is 0.0927. The van der Waals surface area contributed by atoms with Crippen LogP contribution in [0, 0.1) is 0 Å². The maximum absolute atomic E-state index is 11.6. The van der Waals surface area contributed by atoms with Crippen molar-refractivity contribution in [2.75, 3.05) is 0 Å². The summed E-state index contributed by atoms with van der Waals surface area (Å²) in [6.07, 6.45) is 2.74. The molecule has 0 amide bonds. The quantitative estimate of drug-likeness (QED) is 0.830. The van der Waals surface area contributed by atoms with Crippen molar-refractivity contribution in [2.45, 2.75) is 33.2 Å². The second kappa shape index (κ2) is 4.99. The summed E-state index contributed by atoms with van der Waals surface area (Å²) < 4.78 is 6.32. The molecule has 0 aliphatic rings. The highest BCUT2D eigenvalue weighted by Gasteiger charge is 2.08. The Labute approximate surface area is 102 Å². The van der Waals surface area contributed by atoms with Gasteiger partial charge in [-0.2, -0.15) is 4.98 Å². The van der Waals surface area contributed by atoms with Crippen LogP contribution in [0.4, 0.5) is 0 Å². The fourth-order valence-electron chi connectivity index (χ4n) is 1.57. The van der Waals surface area contributed by atoms with E-state index >= 15 is 0 Å². The molecule has 0 unspecified atom stereocenters. The molecule has 2 aromatic heterocycles. The van der Waals surface area contributed by atoms with Gasteiger partial charge in [0.2, 0.25) is 5.89 Å². The lowest BCUT2D eigenvalue weighted by atomic mass is 10.2. The molecule has 0 saturated heterocycles. The summed E-state index contributed by atoms with van der Waals surface area (Å²) in [5.41, 5.74) is -0.269.